The Labute approximate surface area is 82.4 Å². The summed E-state index contributed by atoms with van der Waals surface area (Å²) >= 11 is 0. The molecule has 2 rings (SSSR count). The summed E-state index contributed by atoms with van der Waals surface area (Å²) in [6, 6.07) is 0. The van der Waals surface area contributed by atoms with Crippen LogP contribution in [0.3, 0.4) is 0 Å². The Hall–Kier alpha value is -0.260. The molecule has 5 radical (unpaired) electrons. The number of allylic oxidation sites excluding steroid dienone is 1. The highest BCUT2D eigenvalue weighted by molar-refractivity contribution is 5.47. The number of hydrogen-bond acceptors (Lipinski definition) is 0. The lowest BCUT2D eigenvalue weighted by Gasteiger charge is -2.26. The van der Waals surface area contributed by atoms with Crippen LogP contribution in [0.2, 0.25) is 0 Å². The molecule has 2 saturated carbocycles. The fourth-order valence-corrected chi connectivity index (χ4v) is 2.27. The standard InChI is InChI=1S/C13H17/c1-11(13-9-5-6-10-13)12-7-3-2-4-8-12/h5-6,9-10,12H,1-4,7-8H2. The molecule has 0 aliphatic heterocycles. The second-order valence-electron chi connectivity index (χ2n) is 4.03. The molecule has 2 aliphatic rings. The van der Waals surface area contributed by atoms with Gasteiger partial charge < -0.3 is 0 Å². The summed E-state index contributed by atoms with van der Waals surface area (Å²) in [5.74, 6) is 2.11. The van der Waals surface area contributed by atoms with Gasteiger partial charge in [0.1, 0.15) is 0 Å². The first-order valence-electron chi connectivity index (χ1n) is 5.29. The zero-order chi connectivity index (χ0) is 9.10. The predicted octanol–water partition coefficient (Wildman–Crippen LogP) is 3.53. The number of hydrogen-bond donors (Lipinski definition) is 0. The predicted molar refractivity (Wildman–Crippen MR) is 56.2 cm³/mol. The SMILES string of the molecule is C=C([C]1[CH][CH][CH][CH]1)C1CCCCC1. The molecule has 0 amide bonds. The van der Waals surface area contributed by atoms with E-state index in [0.717, 1.165) is 5.92 Å². The van der Waals surface area contributed by atoms with Crippen LogP contribution in [0, 0.1) is 37.5 Å². The van der Waals surface area contributed by atoms with Crippen LogP contribution in [0.5, 0.6) is 0 Å². The molecular formula is C13H17. The molecule has 0 saturated heterocycles. The first-order valence-corrected chi connectivity index (χ1v) is 5.29. The van der Waals surface area contributed by atoms with E-state index >= 15 is 0 Å². The van der Waals surface area contributed by atoms with Gasteiger partial charge in [-0.05, 0) is 44.4 Å². The van der Waals surface area contributed by atoms with Gasteiger partial charge in [-0.25, -0.2) is 0 Å². The average molecular weight is 173 g/mol. The third-order valence-electron chi connectivity index (χ3n) is 3.13. The van der Waals surface area contributed by atoms with Gasteiger partial charge in [0.2, 0.25) is 0 Å². The maximum atomic E-state index is 4.22. The highest BCUT2D eigenvalue weighted by Crippen LogP contribution is 2.38. The lowest BCUT2D eigenvalue weighted by molar-refractivity contribution is 0.403. The van der Waals surface area contributed by atoms with Crippen LogP contribution in [-0.2, 0) is 0 Å². The van der Waals surface area contributed by atoms with Gasteiger partial charge in [0.15, 0.2) is 0 Å². The van der Waals surface area contributed by atoms with Crippen molar-refractivity contribution in [3.8, 4) is 0 Å². The molecule has 0 bridgehead atoms. The van der Waals surface area contributed by atoms with Crippen molar-refractivity contribution in [3.05, 3.63) is 43.8 Å². The Morgan fingerprint density at radius 3 is 2.31 bits per heavy atom. The summed E-state index contributed by atoms with van der Waals surface area (Å²) in [6.07, 6.45) is 15.5. The van der Waals surface area contributed by atoms with Crippen molar-refractivity contribution in [2.75, 3.05) is 0 Å². The van der Waals surface area contributed by atoms with Crippen LogP contribution >= 0.6 is 0 Å². The van der Waals surface area contributed by atoms with Crippen molar-refractivity contribution < 1.29 is 0 Å². The van der Waals surface area contributed by atoms with Gasteiger partial charge in [-0.3, -0.25) is 0 Å². The van der Waals surface area contributed by atoms with E-state index in [-0.39, 0.29) is 0 Å². The van der Waals surface area contributed by atoms with E-state index in [9.17, 15) is 0 Å². The maximum Gasteiger partial charge on any atom is 0.00795 e. The highest BCUT2D eigenvalue weighted by atomic mass is 14.3. The van der Waals surface area contributed by atoms with Gasteiger partial charge in [-0.2, -0.15) is 0 Å². The minimum absolute atomic E-state index is 0.760. The summed E-state index contributed by atoms with van der Waals surface area (Å²) in [4.78, 5) is 0. The maximum absolute atomic E-state index is 4.22. The van der Waals surface area contributed by atoms with E-state index in [1.54, 1.807) is 0 Å². The summed E-state index contributed by atoms with van der Waals surface area (Å²) in [7, 11) is 0. The minimum atomic E-state index is 0.760. The second kappa shape index (κ2) is 4.30. The largest absolute Gasteiger partial charge is 0.0990 e. The molecule has 0 N–H and O–H groups in total. The Morgan fingerprint density at radius 2 is 1.69 bits per heavy atom. The molecule has 0 unspecified atom stereocenters. The molecule has 0 heteroatoms. The summed E-state index contributed by atoms with van der Waals surface area (Å²) in [6.45, 7) is 4.22. The van der Waals surface area contributed by atoms with Crippen LogP contribution in [0.25, 0.3) is 0 Å². The van der Waals surface area contributed by atoms with Gasteiger partial charge in [0, 0.05) is 5.92 Å². The van der Waals surface area contributed by atoms with Crippen LogP contribution in [0.4, 0.5) is 0 Å². The summed E-state index contributed by atoms with van der Waals surface area (Å²) in [5, 5.41) is 0. The lowest BCUT2D eigenvalue weighted by atomic mass is 9.79. The Bertz CT molecular complexity index is 168. The van der Waals surface area contributed by atoms with Crippen molar-refractivity contribution in [3.63, 3.8) is 0 Å². The van der Waals surface area contributed by atoms with Crippen LogP contribution in [-0.4, -0.2) is 0 Å². The molecule has 2 fully saturated rings. The van der Waals surface area contributed by atoms with E-state index in [1.807, 2.05) is 0 Å². The lowest BCUT2D eigenvalue weighted by Crippen LogP contribution is -2.13. The van der Waals surface area contributed by atoms with E-state index in [0.29, 0.717) is 0 Å². The van der Waals surface area contributed by atoms with Crippen molar-refractivity contribution in [2.45, 2.75) is 32.1 Å². The monoisotopic (exact) mass is 173 g/mol. The van der Waals surface area contributed by atoms with Crippen molar-refractivity contribution >= 4 is 0 Å². The van der Waals surface area contributed by atoms with E-state index in [4.69, 9.17) is 0 Å². The highest BCUT2D eigenvalue weighted by Gasteiger charge is 2.26. The summed E-state index contributed by atoms with van der Waals surface area (Å²) in [5.41, 5.74) is 1.37. The van der Waals surface area contributed by atoms with Gasteiger partial charge in [0.05, 0.1) is 0 Å². The van der Waals surface area contributed by atoms with Gasteiger partial charge in [-0.1, -0.05) is 31.4 Å². The normalized spacial score (nSPS) is 26.5. The Balaban J connectivity index is 1.87. The van der Waals surface area contributed by atoms with Crippen molar-refractivity contribution in [2.24, 2.45) is 5.92 Å². The molecule has 0 aromatic carbocycles. The molecule has 69 valence electrons. The van der Waals surface area contributed by atoms with E-state index < -0.39 is 0 Å². The molecule has 0 aromatic rings. The van der Waals surface area contributed by atoms with Crippen LogP contribution in [0.1, 0.15) is 32.1 Å². The quantitative estimate of drug-likeness (QED) is 0.599. The fourth-order valence-electron chi connectivity index (χ4n) is 2.27. The summed E-state index contributed by atoms with van der Waals surface area (Å²) < 4.78 is 0. The molecule has 0 heterocycles. The Kier molecular flexibility index (Phi) is 3.08. The smallest absolute Gasteiger partial charge is 0.00795 e. The van der Waals surface area contributed by atoms with Crippen molar-refractivity contribution in [1.82, 2.24) is 0 Å². The fraction of sp³-hybridized carbons (Fsp3) is 0.462. The number of rotatable bonds is 2. The first-order chi connectivity index (χ1) is 6.38. The molecule has 0 spiro atoms. The zero-order valence-electron chi connectivity index (χ0n) is 8.13. The topological polar surface area (TPSA) is 0 Å². The average Bonchev–Trinajstić information content (AvgIpc) is 2.71. The Morgan fingerprint density at radius 1 is 1.08 bits per heavy atom. The minimum Gasteiger partial charge on any atom is -0.0990 e. The van der Waals surface area contributed by atoms with E-state index in [2.05, 4.69) is 32.3 Å². The second-order valence-corrected chi connectivity index (χ2v) is 4.03. The van der Waals surface area contributed by atoms with E-state index in [1.165, 1.54) is 43.6 Å². The zero-order valence-corrected chi connectivity index (χ0v) is 8.13. The van der Waals surface area contributed by atoms with Gasteiger partial charge in [-0.15, -0.1) is 0 Å². The van der Waals surface area contributed by atoms with Gasteiger partial charge in [0.25, 0.3) is 0 Å². The molecule has 13 heavy (non-hydrogen) atoms. The van der Waals surface area contributed by atoms with Crippen molar-refractivity contribution in [1.29, 1.82) is 0 Å². The molecular weight excluding hydrogens is 156 g/mol. The third-order valence-corrected chi connectivity index (χ3v) is 3.13. The van der Waals surface area contributed by atoms with Crippen LogP contribution in [0.15, 0.2) is 12.2 Å². The molecule has 0 atom stereocenters. The molecule has 0 aromatic heterocycles. The third kappa shape index (κ3) is 2.15. The first kappa shape index (κ1) is 9.30. The molecule has 2 aliphatic carbocycles. The molecule has 0 nitrogen and oxygen atoms in total. The van der Waals surface area contributed by atoms with Crippen LogP contribution < -0.4 is 0 Å². The van der Waals surface area contributed by atoms with Gasteiger partial charge >= 0.3 is 0 Å².